The van der Waals surface area contributed by atoms with Gasteiger partial charge in [-0.3, -0.25) is 4.79 Å². The van der Waals surface area contributed by atoms with E-state index in [1.165, 1.54) is 4.88 Å². The summed E-state index contributed by atoms with van der Waals surface area (Å²) in [4.78, 5) is 21.7. The molecule has 0 aliphatic heterocycles. The number of nitrogens with zero attached hydrogens (tertiary/aromatic N) is 3. The van der Waals surface area contributed by atoms with Gasteiger partial charge in [-0.15, -0.1) is 11.3 Å². The second kappa shape index (κ2) is 7.22. The zero-order chi connectivity index (χ0) is 15.4. The Labute approximate surface area is 130 Å². The van der Waals surface area contributed by atoms with E-state index < -0.39 is 11.9 Å². The van der Waals surface area contributed by atoms with Gasteiger partial charge in [-0.1, -0.05) is 0 Å². The van der Waals surface area contributed by atoms with Gasteiger partial charge in [0, 0.05) is 18.0 Å². The van der Waals surface area contributed by atoms with Crippen molar-refractivity contribution >= 4 is 22.4 Å². The van der Waals surface area contributed by atoms with Crippen LogP contribution in [0.4, 0.5) is 5.13 Å². The second-order valence-electron chi connectivity index (χ2n) is 5.82. The first-order valence-electron chi connectivity index (χ1n) is 7.65. The van der Waals surface area contributed by atoms with E-state index in [4.69, 9.17) is 0 Å². The van der Waals surface area contributed by atoms with Gasteiger partial charge in [-0.05, 0) is 53.2 Å². The summed E-state index contributed by atoms with van der Waals surface area (Å²) in [5.41, 5.74) is 0.819. The molecule has 0 spiro atoms. The van der Waals surface area contributed by atoms with Crippen LogP contribution in [-0.2, 0) is 11.2 Å². The molecule has 0 radical (unpaired) electrons. The molecule has 0 fully saturated rings. The van der Waals surface area contributed by atoms with Crippen molar-refractivity contribution in [2.24, 2.45) is 0 Å². The molecule has 21 heavy (non-hydrogen) atoms. The van der Waals surface area contributed by atoms with Gasteiger partial charge in [0.05, 0.1) is 5.69 Å². The SMILES string of the molecule is CCN(CCCN(C)C)c1nc2c(s1)CCCC2C(=O)O. The summed E-state index contributed by atoms with van der Waals surface area (Å²) in [5, 5.41) is 10.3. The molecule has 1 N–H and O–H groups in total. The number of anilines is 1. The Balaban J connectivity index is 2.10. The molecule has 1 aromatic rings. The van der Waals surface area contributed by atoms with Gasteiger partial charge in [-0.2, -0.15) is 0 Å². The first-order chi connectivity index (χ1) is 10.0. The van der Waals surface area contributed by atoms with E-state index in [2.05, 4.69) is 35.8 Å². The lowest BCUT2D eigenvalue weighted by molar-refractivity contribution is -0.139. The van der Waals surface area contributed by atoms with E-state index in [1.807, 2.05) is 0 Å². The average Bonchev–Trinajstić information content (AvgIpc) is 2.86. The van der Waals surface area contributed by atoms with E-state index in [-0.39, 0.29) is 0 Å². The summed E-state index contributed by atoms with van der Waals surface area (Å²) >= 11 is 1.69. The molecule has 2 rings (SSSR count). The standard InChI is InChI=1S/C15H25N3O2S/c1-4-18(10-6-9-17(2)3)15-16-13-11(14(19)20)7-5-8-12(13)21-15/h11H,4-10H2,1-3H3,(H,19,20). The van der Waals surface area contributed by atoms with Crippen molar-refractivity contribution in [1.29, 1.82) is 0 Å². The number of carbonyl (C=O) groups is 1. The van der Waals surface area contributed by atoms with E-state index in [0.717, 1.165) is 56.1 Å². The zero-order valence-corrected chi connectivity index (χ0v) is 13.9. The van der Waals surface area contributed by atoms with Crippen molar-refractivity contribution in [3.05, 3.63) is 10.6 Å². The molecule has 1 aliphatic rings. The summed E-state index contributed by atoms with van der Waals surface area (Å²) in [6.45, 7) is 5.07. The van der Waals surface area contributed by atoms with Gasteiger partial charge in [0.15, 0.2) is 5.13 Å². The van der Waals surface area contributed by atoms with Crippen molar-refractivity contribution in [2.75, 3.05) is 38.6 Å². The smallest absolute Gasteiger partial charge is 0.312 e. The topological polar surface area (TPSA) is 56.7 Å². The Morgan fingerprint density at radius 2 is 2.19 bits per heavy atom. The number of carboxylic acid groups (broad SMARTS) is 1. The summed E-state index contributed by atoms with van der Waals surface area (Å²) < 4.78 is 0. The molecule has 1 heterocycles. The van der Waals surface area contributed by atoms with Gasteiger partial charge in [0.1, 0.15) is 5.92 Å². The Bertz CT molecular complexity index is 487. The number of thiazole rings is 1. The van der Waals surface area contributed by atoms with Crippen molar-refractivity contribution in [2.45, 2.75) is 38.5 Å². The first-order valence-corrected chi connectivity index (χ1v) is 8.46. The molecule has 0 saturated carbocycles. The molecule has 0 amide bonds. The quantitative estimate of drug-likeness (QED) is 0.838. The average molecular weight is 311 g/mol. The Morgan fingerprint density at radius 3 is 2.81 bits per heavy atom. The van der Waals surface area contributed by atoms with Crippen LogP contribution in [-0.4, -0.2) is 54.7 Å². The second-order valence-corrected chi connectivity index (χ2v) is 6.89. The summed E-state index contributed by atoms with van der Waals surface area (Å²) in [7, 11) is 4.16. The predicted molar refractivity (Wildman–Crippen MR) is 86.5 cm³/mol. The number of hydrogen-bond acceptors (Lipinski definition) is 5. The maximum absolute atomic E-state index is 11.4. The minimum absolute atomic E-state index is 0.403. The Hall–Kier alpha value is -1.14. The molecule has 1 unspecified atom stereocenters. The highest BCUT2D eigenvalue weighted by Crippen LogP contribution is 2.38. The van der Waals surface area contributed by atoms with E-state index >= 15 is 0 Å². The highest BCUT2D eigenvalue weighted by Gasteiger charge is 2.30. The number of aryl methyl sites for hydroxylation is 1. The van der Waals surface area contributed by atoms with E-state index in [1.54, 1.807) is 11.3 Å². The lowest BCUT2D eigenvalue weighted by Crippen LogP contribution is -2.27. The molecule has 0 aromatic carbocycles. The third-order valence-electron chi connectivity index (χ3n) is 3.93. The number of carboxylic acids is 1. The summed E-state index contributed by atoms with van der Waals surface area (Å²) in [5.74, 6) is -1.14. The van der Waals surface area contributed by atoms with Crippen LogP contribution in [0.1, 0.15) is 42.7 Å². The predicted octanol–water partition coefficient (Wildman–Crippen LogP) is 2.43. The summed E-state index contributed by atoms with van der Waals surface area (Å²) in [6, 6.07) is 0. The van der Waals surface area contributed by atoms with Crippen LogP contribution in [0.3, 0.4) is 0 Å². The molecule has 0 bridgehead atoms. The minimum Gasteiger partial charge on any atom is -0.481 e. The van der Waals surface area contributed by atoms with Gasteiger partial charge in [0.2, 0.25) is 0 Å². The Kier molecular flexibility index (Phi) is 5.58. The maximum atomic E-state index is 11.4. The van der Waals surface area contributed by atoms with Gasteiger partial charge in [-0.25, -0.2) is 4.98 Å². The van der Waals surface area contributed by atoms with Gasteiger partial charge < -0.3 is 14.9 Å². The largest absolute Gasteiger partial charge is 0.481 e. The van der Waals surface area contributed by atoms with Crippen LogP contribution in [0.5, 0.6) is 0 Å². The molecule has 5 nitrogen and oxygen atoms in total. The number of aliphatic carboxylic acids is 1. The van der Waals surface area contributed by atoms with Crippen LogP contribution >= 0.6 is 11.3 Å². The molecule has 118 valence electrons. The summed E-state index contributed by atoms with van der Waals surface area (Å²) in [6.07, 6.45) is 3.75. The third-order valence-corrected chi connectivity index (χ3v) is 5.12. The van der Waals surface area contributed by atoms with Crippen molar-refractivity contribution in [1.82, 2.24) is 9.88 Å². The lowest BCUT2D eigenvalue weighted by Gasteiger charge is -2.20. The van der Waals surface area contributed by atoms with Crippen molar-refractivity contribution < 1.29 is 9.90 Å². The third kappa shape index (κ3) is 3.95. The van der Waals surface area contributed by atoms with Crippen molar-refractivity contribution in [3.8, 4) is 0 Å². The molecule has 1 aliphatic carbocycles. The lowest BCUT2D eigenvalue weighted by atomic mass is 9.91. The highest BCUT2D eigenvalue weighted by molar-refractivity contribution is 7.15. The van der Waals surface area contributed by atoms with Crippen LogP contribution < -0.4 is 4.90 Å². The minimum atomic E-state index is -0.733. The van der Waals surface area contributed by atoms with Crippen LogP contribution in [0.25, 0.3) is 0 Å². The fourth-order valence-electron chi connectivity index (χ4n) is 2.75. The normalized spacial score (nSPS) is 17.8. The van der Waals surface area contributed by atoms with E-state index in [0.29, 0.717) is 0 Å². The molecule has 0 saturated heterocycles. The van der Waals surface area contributed by atoms with Crippen molar-refractivity contribution in [3.63, 3.8) is 0 Å². The fraction of sp³-hybridized carbons (Fsp3) is 0.733. The van der Waals surface area contributed by atoms with Crippen LogP contribution in [0.15, 0.2) is 0 Å². The molecule has 1 aromatic heterocycles. The molecule has 6 heteroatoms. The highest BCUT2D eigenvalue weighted by atomic mass is 32.1. The van der Waals surface area contributed by atoms with Crippen LogP contribution in [0, 0.1) is 0 Å². The Morgan fingerprint density at radius 1 is 1.43 bits per heavy atom. The number of fused-ring (bicyclic) bond motifs is 1. The molecular formula is C15H25N3O2S. The number of rotatable bonds is 7. The fourth-order valence-corrected chi connectivity index (χ4v) is 4.00. The van der Waals surface area contributed by atoms with Gasteiger partial charge in [0.25, 0.3) is 0 Å². The number of hydrogen-bond donors (Lipinski definition) is 1. The van der Waals surface area contributed by atoms with Gasteiger partial charge >= 0.3 is 5.97 Å². The number of aromatic nitrogens is 1. The first kappa shape index (κ1) is 16.2. The zero-order valence-electron chi connectivity index (χ0n) is 13.1. The monoisotopic (exact) mass is 311 g/mol. The molecule has 1 atom stereocenters. The molecular weight excluding hydrogens is 286 g/mol. The van der Waals surface area contributed by atoms with Crippen LogP contribution in [0.2, 0.25) is 0 Å². The maximum Gasteiger partial charge on any atom is 0.312 e. The van der Waals surface area contributed by atoms with E-state index in [9.17, 15) is 9.90 Å².